The molecule has 3 N–H and O–H groups in total. The standard InChI is InChI=1S/C15H25N3O3/c1-14(2)12(20)17-11(19)9-18(14)13(21)15(10-16)7-5-3-4-6-8-15/h3-10,16H2,1-2H3,(H,17,19,20). The molecule has 21 heavy (non-hydrogen) atoms. The van der Waals surface area contributed by atoms with Gasteiger partial charge in [0.1, 0.15) is 12.1 Å². The molecule has 0 spiro atoms. The van der Waals surface area contributed by atoms with Crippen molar-refractivity contribution in [2.45, 2.75) is 57.9 Å². The molecule has 2 fully saturated rings. The molecule has 0 bridgehead atoms. The van der Waals surface area contributed by atoms with Crippen molar-refractivity contribution in [2.24, 2.45) is 11.1 Å². The fraction of sp³-hybridized carbons (Fsp3) is 0.800. The molecule has 3 amide bonds. The van der Waals surface area contributed by atoms with Gasteiger partial charge in [-0.2, -0.15) is 0 Å². The van der Waals surface area contributed by atoms with Crippen molar-refractivity contribution in [3.63, 3.8) is 0 Å². The van der Waals surface area contributed by atoms with Gasteiger partial charge in [0.15, 0.2) is 0 Å². The van der Waals surface area contributed by atoms with Gasteiger partial charge in [0.2, 0.25) is 11.8 Å². The molecule has 0 aromatic carbocycles. The van der Waals surface area contributed by atoms with E-state index < -0.39 is 22.8 Å². The van der Waals surface area contributed by atoms with Crippen molar-refractivity contribution in [3.05, 3.63) is 0 Å². The van der Waals surface area contributed by atoms with Gasteiger partial charge in [-0.25, -0.2) is 0 Å². The third-order valence-corrected chi connectivity index (χ3v) is 4.94. The summed E-state index contributed by atoms with van der Waals surface area (Å²) < 4.78 is 0. The lowest BCUT2D eigenvalue weighted by Gasteiger charge is -2.45. The van der Waals surface area contributed by atoms with Gasteiger partial charge in [-0.15, -0.1) is 0 Å². The first-order valence-electron chi connectivity index (χ1n) is 7.70. The van der Waals surface area contributed by atoms with Gasteiger partial charge in [0.25, 0.3) is 5.91 Å². The molecule has 1 aliphatic heterocycles. The molecule has 0 aromatic rings. The average Bonchev–Trinajstić information content (AvgIpc) is 2.68. The molecule has 0 unspecified atom stereocenters. The highest BCUT2D eigenvalue weighted by Crippen LogP contribution is 2.38. The Kier molecular flexibility index (Phi) is 4.37. The predicted molar refractivity (Wildman–Crippen MR) is 78.1 cm³/mol. The van der Waals surface area contributed by atoms with Crippen LogP contribution in [0.5, 0.6) is 0 Å². The van der Waals surface area contributed by atoms with Gasteiger partial charge >= 0.3 is 0 Å². The van der Waals surface area contributed by atoms with Gasteiger partial charge in [-0.3, -0.25) is 19.7 Å². The van der Waals surface area contributed by atoms with Crippen LogP contribution < -0.4 is 11.1 Å². The van der Waals surface area contributed by atoms with Gasteiger partial charge < -0.3 is 10.6 Å². The van der Waals surface area contributed by atoms with Crippen LogP contribution in [0.2, 0.25) is 0 Å². The maximum Gasteiger partial charge on any atom is 0.252 e. The Bertz CT molecular complexity index is 451. The van der Waals surface area contributed by atoms with E-state index in [1.165, 1.54) is 4.90 Å². The van der Waals surface area contributed by atoms with Gasteiger partial charge in [0.05, 0.1) is 5.41 Å². The number of nitrogens with two attached hydrogens (primary N) is 1. The van der Waals surface area contributed by atoms with E-state index in [0.29, 0.717) is 0 Å². The Morgan fingerprint density at radius 2 is 1.76 bits per heavy atom. The quantitative estimate of drug-likeness (QED) is 0.575. The molecular weight excluding hydrogens is 270 g/mol. The highest BCUT2D eigenvalue weighted by atomic mass is 16.2. The van der Waals surface area contributed by atoms with Crippen LogP contribution >= 0.6 is 0 Å². The summed E-state index contributed by atoms with van der Waals surface area (Å²) in [7, 11) is 0. The molecule has 118 valence electrons. The van der Waals surface area contributed by atoms with E-state index in [1.807, 2.05) is 0 Å². The number of nitrogens with zero attached hydrogens (tertiary/aromatic N) is 1. The maximum absolute atomic E-state index is 13.1. The predicted octanol–water partition coefficient (Wildman–Crippen LogP) is 0.549. The number of amides is 3. The van der Waals surface area contributed by atoms with Crippen LogP contribution in [-0.4, -0.2) is 41.2 Å². The van der Waals surface area contributed by atoms with Crippen molar-refractivity contribution in [1.82, 2.24) is 10.2 Å². The number of rotatable bonds is 2. The van der Waals surface area contributed by atoms with Crippen molar-refractivity contribution in [1.29, 1.82) is 0 Å². The fourth-order valence-electron chi connectivity index (χ4n) is 3.31. The second kappa shape index (κ2) is 5.75. The average molecular weight is 295 g/mol. The smallest absolute Gasteiger partial charge is 0.252 e. The molecule has 2 rings (SSSR count). The Morgan fingerprint density at radius 1 is 1.19 bits per heavy atom. The second-order valence-corrected chi connectivity index (χ2v) is 6.73. The zero-order chi connectivity index (χ0) is 15.7. The van der Waals surface area contributed by atoms with Crippen molar-refractivity contribution in [3.8, 4) is 0 Å². The molecule has 0 aromatic heterocycles. The number of imide groups is 1. The number of hydrogen-bond acceptors (Lipinski definition) is 4. The Morgan fingerprint density at radius 3 is 2.29 bits per heavy atom. The zero-order valence-electron chi connectivity index (χ0n) is 12.9. The van der Waals surface area contributed by atoms with Crippen molar-refractivity contribution in [2.75, 3.05) is 13.1 Å². The number of hydrogen-bond donors (Lipinski definition) is 2. The molecule has 1 saturated heterocycles. The van der Waals surface area contributed by atoms with Gasteiger partial charge in [-0.1, -0.05) is 25.7 Å². The normalized spacial score (nSPS) is 25.2. The molecule has 1 heterocycles. The second-order valence-electron chi connectivity index (χ2n) is 6.73. The van der Waals surface area contributed by atoms with E-state index in [9.17, 15) is 14.4 Å². The van der Waals surface area contributed by atoms with Crippen LogP contribution in [0.15, 0.2) is 0 Å². The van der Waals surface area contributed by atoms with E-state index in [2.05, 4.69) is 5.32 Å². The molecule has 2 aliphatic rings. The third kappa shape index (κ3) is 2.81. The Labute approximate surface area is 125 Å². The minimum Gasteiger partial charge on any atom is -0.329 e. The van der Waals surface area contributed by atoms with Crippen molar-refractivity contribution < 1.29 is 14.4 Å². The summed E-state index contributed by atoms with van der Waals surface area (Å²) in [5.41, 5.74) is 4.31. The summed E-state index contributed by atoms with van der Waals surface area (Å²) in [6.07, 6.45) is 5.64. The van der Waals surface area contributed by atoms with Crippen LogP contribution in [0.3, 0.4) is 0 Å². The molecular formula is C15H25N3O3. The third-order valence-electron chi connectivity index (χ3n) is 4.94. The lowest BCUT2D eigenvalue weighted by molar-refractivity contribution is -0.161. The lowest BCUT2D eigenvalue weighted by atomic mass is 9.77. The highest BCUT2D eigenvalue weighted by molar-refractivity contribution is 6.06. The van der Waals surface area contributed by atoms with E-state index in [-0.39, 0.29) is 19.0 Å². The first-order valence-corrected chi connectivity index (χ1v) is 7.70. The molecule has 1 aliphatic carbocycles. The summed E-state index contributed by atoms with van der Waals surface area (Å²) in [6, 6.07) is 0. The van der Waals surface area contributed by atoms with Crippen LogP contribution in [0.4, 0.5) is 0 Å². The zero-order valence-corrected chi connectivity index (χ0v) is 12.9. The number of nitrogens with one attached hydrogen (secondary N) is 1. The first kappa shape index (κ1) is 15.9. The first-order chi connectivity index (χ1) is 9.83. The van der Waals surface area contributed by atoms with Crippen LogP contribution in [0, 0.1) is 5.41 Å². The van der Waals surface area contributed by atoms with E-state index >= 15 is 0 Å². The highest BCUT2D eigenvalue weighted by Gasteiger charge is 2.49. The largest absolute Gasteiger partial charge is 0.329 e. The summed E-state index contributed by atoms with van der Waals surface area (Å²) in [5.74, 6) is -0.985. The van der Waals surface area contributed by atoms with E-state index in [4.69, 9.17) is 5.73 Å². The Balaban J connectivity index is 2.31. The van der Waals surface area contributed by atoms with Gasteiger partial charge in [0, 0.05) is 6.54 Å². The molecule has 6 heteroatoms. The molecule has 1 saturated carbocycles. The van der Waals surface area contributed by atoms with Crippen LogP contribution in [0.1, 0.15) is 52.4 Å². The van der Waals surface area contributed by atoms with Crippen LogP contribution in [-0.2, 0) is 14.4 Å². The van der Waals surface area contributed by atoms with E-state index in [1.54, 1.807) is 13.8 Å². The summed E-state index contributed by atoms with van der Waals surface area (Å²) in [4.78, 5) is 38.2. The number of carbonyl (C=O) groups excluding carboxylic acids is 3. The molecule has 0 radical (unpaired) electrons. The number of carbonyl (C=O) groups is 3. The lowest BCUT2D eigenvalue weighted by Crippen LogP contribution is -2.68. The SMILES string of the molecule is CC1(C)C(=O)NC(=O)CN1C(=O)C1(CN)CCCCCC1. The van der Waals surface area contributed by atoms with E-state index in [0.717, 1.165) is 38.5 Å². The fourth-order valence-corrected chi connectivity index (χ4v) is 3.31. The molecule has 0 atom stereocenters. The Hall–Kier alpha value is -1.43. The minimum absolute atomic E-state index is 0.0701. The summed E-state index contributed by atoms with van der Waals surface area (Å²) in [6.45, 7) is 3.55. The minimum atomic E-state index is -1.01. The summed E-state index contributed by atoms with van der Waals surface area (Å²) >= 11 is 0. The van der Waals surface area contributed by atoms with Gasteiger partial charge in [-0.05, 0) is 26.7 Å². The topological polar surface area (TPSA) is 92.5 Å². The maximum atomic E-state index is 13.1. The monoisotopic (exact) mass is 295 g/mol. The number of piperazine rings is 1. The van der Waals surface area contributed by atoms with Crippen LogP contribution in [0.25, 0.3) is 0 Å². The molecule has 6 nitrogen and oxygen atoms in total. The summed E-state index contributed by atoms with van der Waals surface area (Å²) in [5, 5.41) is 2.30. The van der Waals surface area contributed by atoms with Crippen molar-refractivity contribution >= 4 is 17.7 Å².